The van der Waals surface area contributed by atoms with Gasteiger partial charge in [-0.25, -0.2) is 4.68 Å². The average Bonchev–Trinajstić information content (AvgIpc) is 2.96. The number of aromatic nitrogens is 2. The van der Waals surface area contributed by atoms with E-state index in [-0.39, 0.29) is 0 Å². The summed E-state index contributed by atoms with van der Waals surface area (Å²) < 4.78 is 44.7. The lowest BCUT2D eigenvalue weighted by Crippen LogP contribution is -2.05. The lowest BCUT2D eigenvalue weighted by molar-refractivity contribution is -0.137. The zero-order valence-corrected chi connectivity index (χ0v) is 13.8. The van der Waals surface area contributed by atoms with Gasteiger partial charge in [-0.3, -0.25) is 0 Å². The van der Waals surface area contributed by atoms with Gasteiger partial charge in [0.05, 0.1) is 24.1 Å². The molecule has 3 aromatic rings. The topological polar surface area (TPSA) is 27.1 Å². The van der Waals surface area contributed by atoms with Gasteiger partial charge in [-0.2, -0.15) is 18.3 Å². The number of hydrogen-bond acceptors (Lipinski definition) is 2. The van der Waals surface area contributed by atoms with Crippen LogP contribution < -0.4 is 4.74 Å². The first-order chi connectivity index (χ1) is 11.9. The van der Waals surface area contributed by atoms with Crippen molar-refractivity contribution < 1.29 is 17.9 Å². The SMILES string of the molecule is COc1ccc(Cc2cn(-c3ccc(C(F)(F)F)cc3)nc2C)cc1. The van der Waals surface area contributed by atoms with Crippen molar-refractivity contribution in [3.05, 3.63) is 77.1 Å². The zero-order valence-electron chi connectivity index (χ0n) is 13.8. The summed E-state index contributed by atoms with van der Waals surface area (Å²) >= 11 is 0. The second-order valence-electron chi connectivity index (χ2n) is 5.75. The third-order valence-corrected chi connectivity index (χ3v) is 4.01. The molecule has 0 N–H and O–H groups in total. The van der Waals surface area contributed by atoms with E-state index in [4.69, 9.17) is 4.74 Å². The summed E-state index contributed by atoms with van der Waals surface area (Å²) in [5, 5.41) is 4.41. The van der Waals surface area contributed by atoms with Gasteiger partial charge in [-0.1, -0.05) is 12.1 Å². The Balaban J connectivity index is 1.82. The van der Waals surface area contributed by atoms with E-state index in [1.807, 2.05) is 37.4 Å². The van der Waals surface area contributed by atoms with Crippen LogP contribution >= 0.6 is 0 Å². The summed E-state index contributed by atoms with van der Waals surface area (Å²) in [7, 11) is 1.62. The highest BCUT2D eigenvalue weighted by molar-refractivity contribution is 5.38. The molecular formula is C19H17F3N2O. The van der Waals surface area contributed by atoms with Crippen molar-refractivity contribution in [2.45, 2.75) is 19.5 Å². The van der Waals surface area contributed by atoms with Gasteiger partial charge in [0.1, 0.15) is 5.75 Å². The van der Waals surface area contributed by atoms with Crippen LogP contribution in [0.1, 0.15) is 22.4 Å². The number of halogens is 3. The molecule has 0 saturated carbocycles. The fourth-order valence-corrected chi connectivity index (χ4v) is 2.57. The third kappa shape index (κ3) is 3.84. The Labute approximate surface area is 143 Å². The monoisotopic (exact) mass is 346 g/mol. The minimum atomic E-state index is -4.34. The number of alkyl halides is 3. The smallest absolute Gasteiger partial charge is 0.416 e. The Bertz CT molecular complexity index is 850. The summed E-state index contributed by atoms with van der Waals surface area (Å²) in [5.74, 6) is 0.793. The second kappa shape index (κ2) is 6.63. The van der Waals surface area contributed by atoms with E-state index >= 15 is 0 Å². The number of ether oxygens (including phenoxy) is 1. The predicted molar refractivity (Wildman–Crippen MR) is 89.1 cm³/mol. The van der Waals surface area contributed by atoms with Gasteiger partial charge >= 0.3 is 6.18 Å². The van der Waals surface area contributed by atoms with E-state index in [9.17, 15) is 13.2 Å². The van der Waals surface area contributed by atoms with Gasteiger partial charge in [-0.15, -0.1) is 0 Å². The van der Waals surface area contributed by atoms with Gasteiger partial charge in [0, 0.05) is 12.6 Å². The van der Waals surface area contributed by atoms with Gasteiger partial charge in [0.2, 0.25) is 0 Å². The molecule has 0 atom stereocenters. The summed E-state index contributed by atoms with van der Waals surface area (Å²) in [6.45, 7) is 1.89. The fourth-order valence-electron chi connectivity index (χ4n) is 2.57. The first kappa shape index (κ1) is 17.1. The lowest BCUT2D eigenvalue weighted by Gasteiger charge is -2.07. The molecule has 0 fully saturated rings. The quantitative estimate of drug-likeness (QED) is 0.679. The van der Waals surface area contributed by atoms with Crippen LogP contribution in [0.2, 0.25) is 0 Å². The fraction of sp³-hybridized carbons (Fsp3) is 0.211. The number of nitrogens with zero attached hydrogens (tertiary/aromatic N) is 2. The van der Waals surface area contributed by atoms with Crippen molar-refractivity contribution >= 4 is 0 Å². The zero-order chi connectivity index (χ0) is 18.0. The summed E-state index contributed by atoms with van der Waals surface area (Å²) in [6.07, 6.45) is -1.79. The minimum Gasteiger partial charge on any atom is -0.497 e. The van der Waals surface area contributed by atoms with E-state index in [0.717, 1.165) is 34.7 Å². The van der Waals surface area contributed by atoms with Crippen LogP contribution in [0.15, 0.2) is 54.7 Å². The van der Waals surface area contributed by atoms with E-state index < -0.39 is 11.7 Å². The molecule has 2 aromatic carbocycles. The normalized spacial score (nSPS) is 11.6. The summed E-state index contributed by atoms with van der Waals surface area (Å²) in [5.41, 5.74) is 2.90. The lowest BCUT2D eigenvalue weighted by atomic mass is 10.1. The Morgan fingerprint density at radius 1 is 1.00 bits per heavy atom. The Morgan fingerprint density at radius 3 is 2.20 bits per heavy atom. The molecule has 0 aliphatic rings. The van der Waals surface area contributed by atoms with Crippen molar-refractivity contribution in [1.29, 1.82) is 0 Å². The number of rotatable bonds is 4. The Kier molecular flexibility index (Phi) is 4.53. The first-order valence-electron chi connectivity index (χ1n) is 7.72. The Hall–Kier alpha value is -2.76. The second-order valence-corrected chi connectivity index (χ2v) is 5.75. The maximum absolute atomic E-state index is 12.7. The van der Waals surface area contributed by atoms with Gasteiger partial charge in [-0.05, 0) is 54.4 Å². The van der Waals surface area contributed by atoms with Crippen LogP contribution in [0, 0.1) is 6.92 Å². The van der Waals surface area contributed by atoms with Crippen LogP contribution in [0.25, 0.3) is 5.69 Å². The largest absolute Gasteiger partial charge is 0.497 e. The molecule has 6 heteroatoms. The third-order valence-electron chi connectivity index (χ3n) is 4.01. The first-order valence-corrected chi connectivity index (χ1v) is 7.72. The summed E-state index contributed by atoms with van der Waals surface area (Å²) in [6, 6.07) is 12.7. The number of methoxy groups -OCH3 is 1. The van der Waals surface area contributed by atoms with Crippen LogP contribution in [-0.4, -0.2) is 16.9 Å². The molecule has 1 heterocycles. The van der Waals surface area contributed by atoms with Crippen molar-refractivity contribution in [2.24, 2.45) is 0 Å². The molecule has 0 unspecified atom stereocenters. The van der Waals surface area contributed by atoms with E-state index in [2.05, 4.69) is 5.10 Å². The molecule has 0 amide bonds. The van der Waals surface area contributed by atoms with E-state index in [1.54, 1.807) is 11.8 Å². The molecule has 3 nitrogen and oxygen atoms in total. The van der Waals surface area contributed by atoms with E-state index in [0.29, 0.717) is 12.1 Å². The maximum atomic E-state index is 12.7. The van der Waals surface area contributed by atoms with Crippen molar-refractivity contribution in [3.8, 4) is 11.4 Å². The minimum absolute atomic E-state index is 0.595. The Morgan fingerprint density at radius 2 is 1.64 bits per heavy atom. The molecule has 1 aromatic heterocycles. The molecule has 0 aliphatic carbocycles. The van der Waals surface area contributed by atoms with Crippen LogP contribution in [0.5, 0.6) is 5.75 Å². The molecule has 0 aliphatic heterocycles. The highest BCUT2D eigenvalue weighted by Gasteiger charge is 2.30. The highest BCUT2D eigenvalue weighted by atomic mass is 19.4. The standard InChI is InChI=1S/C19H17F3N2O/c1-13-15(11-14-3-9-18(25-2)10-4-14)12-24(23-13)17-7-5-16(6-8-17)19(20,21)22/h3-10,12H,11H2,1-2H3. The van der Waals surface area contributed by atoms with Crippen LogP contribution in [0.4, 0.5) is 13.2 Å². The molecular weight excluding hydrogens is 329 g/mol. The van der Waals surface area contributed by atoms with Gasteiger partial charge in [0.15, 0.2) is 0 Å². The average molecular weight is 346 g/mol. The van der Waals surface area contributed by atoms with Crippen molar-refractivity contribution in [2.75, 3.05) is 7.11 Å². The molecule has 0 bridgehead atoms. The maximum Gasteiger partial charge on any atom is 0.416 e. The molecule has 130 valence electrons. The van der Waals surface area contributed by atoms with Crippen molar-refractivity contribution in [3.63, 3.8) is 0 Å². The summed E-state index contributed by atoms with van der Waals surface area (Å²) in [4.78, 5) is 0. The van der Waals surface area contributed by atoms with Gasteiger partial charge in [0.25, 0.3) is 0 Å². The van der Waals surface area contributed by atoms with E-state index in [1.165, 1.54) is 12.1 Å². The number of benzene rings is 2. The molecule has 0 saturated heterocycles. The predicted octanol–water partition coefficient (Wildman–Crippen LogP) is 4.80. The number of aryl methyl sites for hydroxylation is 1. The van der Waals surface area contributed by atoms with Crippen LogP contribution in [0.3, 0.4) is 0 Å². The molecule has 0 radical (unpaired) electrons. The molecule has 0 spiro atoms. The van der Waals surface area contributed by atoms with Gasteiger partial charge < -0.3 is 4.74 Å². The molecule has 25 heavy (non-hydrogen) atoms. The number of hydrogen-bond donors (Lipinski definition) is 0. The van der Waals surface area contributed by atoms with Crippen molar-refractivity contribution in [1.82, 2.24) is 9.78 Å². The molecule has 3 rings (SSSR count). The highest BCUT2D eigenvalue weighted by Crippen LogP contribution is 2.29. The van der Waals surface area contributed by atoms with Crippen LogP contribution in [-0.2, 0) is 12.6 Å².